The summed E-state index contributed by atoms with van der Waals surface area (Å²) in [6, 6.07) is 7.74. The molecule has 0 saturated carbocycles. The zero-order valence-electron chi connectivity index (χ0n) is 14.6. The quantitative estimate of drug-likeness (QED) is 0.865. The number of hydrogen-bond acceptors (Lipinski definition) is 6. The van der Waals surface area contributed by atoms with Crippen LogP contribution in [-0.2, 0) is 14.8 Å². The van der Waals surface area contributed by atoms with E-state index in [1.165, 1.54) is 16.4 Å². The van der Waals surface area contributed by atoms with Crippen molar-refractivity contribution < 1.29 is 17.9 Å². The van der Waals surface area contributed by atoms with E-state index in [9.17, 15) is 13.2 Å². The van der Waals surface area contributed by atoms with Crippen LogP contribution in [0.5, 0.6) is 0 Å². The fourth-order valence-corrected chi connectivity index (χ4v) is 4.14. The van der Waals surface area contributed by atoms with E-state index in [-0.39, 0.29) is 16.4 Å². The van der Waals surface area contributed by atoms with Crippen LogP contribution < -0.4 is 5.32 Å². The average Bonchev–Trinajstić information content (AvgIpc) is 2.61. The van der Waals surface area contributed by atoms with Crippen molar-refractivity contribution in [2.45, 2.75) is 18.7 Å². The number of ether oxygens (including phenoxy) is 1. The molecule has 0 radical (unpaired) electrons. The van der Waals surface area contributed by atoms with Crippen LogP contribution in [0.3, 0.4) is 0 Å². The Bertz CT molecular complexity index is 904. The first-order valence-corrected chi connectivity index (χ1v) is 9.62. The van der Waals surface area contributed by atoms with Crippen LogP contribution in [0.15, 0.2) is 35.2 Å². The van der Waals surface area contributed by atoms with Crippen molar-refractivity contribution in [3.05, 3.63) is 47.3 Å². The number of amides is 1. The molecule has 0 aliphatic carbocycles. The predicted octanol–water partition coefficient (Wildman–Crippen LogP) is 1.37. The Hall–Kier alpha value is -2.36. The van der Waals surface area contributed by atoms with E-state index in [1.807, 2.05) is 0 Å². The number of anilines is 1. The van der Waals surface area contributed by atoms with Gasteiger partial charge in [0, 0.05) is 30.0 Å². The van der Waals surface area contributed by atoms with Crippen LogP contribution >= 0.6 is 0 Å². The molecular weight excluding hydrogens is 356 g/mol. The zero-order valence-corrected chi connectivity index (χ0v) is 15.4. The third kappa shape index (κ3) is 4.06. The van der Waals surface area contributed by atoms with Gasteiger partial charge < -0.3 is 4.74 Å². The van der Waals surface area contributed by atoms with E-state index >= 15 is 0 Å². The summed E-state index contributed by atoms with van der Waals surface area (Å²) in [6.45, 7) is 4.94. The van der Waals surface area contributed by atoms with Crippen molar-refractivity contribution in [2.75, 3.05) is 31.6 Å². The average molecular weight is 376 g/mol. The SMILES string of the molecule is Cc1cc(C)nc(NC(=O)c2cccc(S(=O)(=O)N3CCOCC3)c2)n1. The van der Waals surface area contributed by atoms with Crippen LogP contribution in [0, 0.1) is 13.8 Å². The lowest BCUT2D eigenvalue weighted by Crippen LogP contribution is -2.40. The molecule has 9 heteroatoms. The number of sulfonamides is 1. The molecule has 1 aromatic heterocycles. The van der Waals surface area contributed by atoms with Gasteiger partial charge in [0.25, 0.3) is 5.91 Å². The second-order valence-electron chi connectivity index (χ2n) is 5.97. The highest BCUT2D eigenvalue weighted by Crippen LogP contribution is 2.19. The van der Waals surface area contributed by atoms with Gasteiger partial charge in [0.2, 0.25) is 16.0 Å². The van der Waals surface area contributed by atoms with Gasteiger partial charge in [-0.1, -0.05) is 6.07 Å². The molecule has 1 aliphatic rings. The van der Waals surface area contributed by atoms with Crippen LogP contribution in [0.2, 0.25) is 0 Å². The number of carbonyl (C=O) groups is 1. The minimum absolute atomic E-state index is 0.0772. The van der Waals surface area contributed by atoms with Gasteiger partial charge in [0.15, 0.2) is 0 Å². The van der Waals surface area contributed by atoms with Gasteiger partial charge in [0.05, 0.1) is 18.1 Å². The van der Waals surface area contributed by atoms with Gasteiger partial charge in [-0.05, 0) is 38.1 Å². The number of aromatic nitrogens is 2. The molecule has 3 rings (SSSR count). The molecule has 1 aromatic carbocycles. The molecule has 26 heavy (non-hydrogen) atoms. The first-order valence-electron chi connectivity index (χ1n) is 8.18. The summed E-state index contributed by atoms with van der Waals surface area (Å²) in [4.78, 5) is 20.9. The maximum Gasteiger partial charge on any atom is 0.258 e. The summed E-state index contributed by atoms with van der Waals surface area (Å²) in [7, 11) is -3.66. The minimum Gasteiger partial charge on any atom is -0.379 e. The van der Waals surface area contributed by atoms with Crippen molar-refractivity contribution in [1.29, 1.82) is 0 Å². The summed E-state index contributed by atoms with van der Waals surface area (Å²) >= 11 is 0. The Morgan fingerprint density at radius 2 is 1.77 bits per heavy atom. The van der Waals surface area contributed by atoms with Gasteiger partial charge >= 0.3 is 0 Å². The monoisotopic (exact) mass is 376 g/mol. The Balaban J connectivity index is 1.83. The molecule has 0 atom stereocenters. The number of aryl methyl sites for hydroxylation is 2. The lowest BCUT2D eigenvalue weighted by molar-refractivity contribution is 0.0730. The number of carbonyl (C=O) groups excluding carboxylic acids is 1. The zero-order chi connectivity index (χ0) is 18.7. The number of nitrogens with one attached hydrogen (secondary N) is 1. The number of rotatable bonds is 4. The second-order valence-corrected chi connectivity index (χ2v) is 7.91. The third-order valence-corrected chi connectivity index (χ3v) is 5.81. The van der Waals surface area contributed by atoms with Gasteiger partial charge in [-0.2, -0.15) is 4.31 Å². The molecule has 1 N–H and O–H groups in total. The standard InChI is InChI=1S/C17H20N4O4S/c1-12-10-13(2)19-17(18-12)20-16(22)14-4-3-5-15(11-14)26(23,24)21-6-8-25-9-7-21/h3-5,10-11H,6-9H2,1-2H3,(H,18,19,20,22). The first kappa shape index (κ1) is 18.4. The van der Waals surface area contributed by atoms with Gasteiger partial charge in [-0.25, -0.2) is 18.4 Å². The first-order chi connectivity index (χ1) is 12.4. The topological polar surface area (TPSA) is 101 Å². The van der Waals surface area contributed by atoms with Crippen molar-refractivity contribution in [3.8, 4) is 0 Å². The van der Waals surface area contributed by atoms with E-state index in [1.54, 1.807) is 32.0 Å². The summed E-state index contributed by atoms with van der Waals surface area (Å²) < 4.78 is 32.0. The maximum atomic E-state index is 12.7. The maximum absolute atomic E-state index is 12.7. The van der Waals surface area contributed by atoms with E-state index < -0.39 is 15.9 Å². The predicted molar refractivity (Wildman–Crippen MR) is 95.5 cm³/mol. The second kappa shape index (κ2) is 7.48. The molecule has 1 amide bonds. The van der Waals surface area contributed by atoms with Crippen LogP contribution in [0.4, 0.5) is 5.95 Å². The van der Waals surface area contributed by atoms with Crippen LogP contribution in [-0.4, -0.2) is 54.9 Å². The smallest absolute Gasteiger partial charge is 0.258 e. The fourth-order valence-electron chi connectivity index (χ4n) is 2.69. The minimum atomic E-state index is -3.66. The lowest BCUT2D eigenvalue weighted by atomic mass is 10.2. The van der Waals surface area contributed by atoms with Gasteiger partial charge in [0.1, 0.15) is 0 Å². The molecule has 138 valence electrons. The molecular formula is C17H20N4O4S. The number of morpholine rings is 1. The Morgan fingerprint density at radius 1 is 1.12 bits per heavy atom. The van der Waals surface area contributed by atoms with Crippen molar-refractivity contribution >= 4 is 21.9 Å². The lowest BCUT2D eigenvalue weighted by Gasteiger charge is -2.26. The largest absolute Gasteiger partial charge is 0.379 e. The van der Waals surface area contributed by atoms with E-state index in [2.05, 4.69) is 15.3 Å². The highest BCUT2D eigenvalue weighted by Gasteiger charge is 2.26. The fraction of sp³-hybridized carbons (Fsp3) is 0.353. The molecule has 2 aromatic rings. The molecule has 0 unspecified atom stereocenters. The molecule has 1 fully saturated rings. The molecule has 0 bridgehead atoms. The van der Waals surface area contributed by atoms with Crippen LogP contribution in [0.25, 0.3) is 0 Å². The van der Waals surface area contributed by atoms with E-state index in [0.717, 1.165) is 11.4 Å². The molecule has 0 spiro atoms. The molecule has 2 heterocycles. The summed E-state index contributed by atoms with van der Waals surface area (Å²) in [5.41, 5.74) is 1.69. The van der Waals surface area contributed by atoms with Gasteiger partial charge in [-0.3, -0.25) is 10.1 Å². The third-order valence-electron chi connectivity index (χ3n) is 3.91. The normalized spacial score (nSPS) is 15.6. The van der Waals surface area contributed by atoms with E-state index in [0.29, 0.717) is 26.3 Å². The van der Waals surface area contributed by atoms with Crippen LogP contribution in [0.1, 0.15) is 21.7 Å². The van der Waals surface area contributed by atoms with Gasteiger partial charge in [-0.15, -0.1) is 0 Å². The number of hydrogen-bond donors (Lipinski definition) is 1. The molecule has 8 nitrogen and oxygen atoms in total. The van der Waals surface area contributed by atoms with Crippen molar-refractivity contribution in [1.82, 2.24) is 14.3 Å². The molecule has 1 saturated heterocycles. The number of nitrogens with zero attached hydrogens (tertiary/aromatic N) is 3. The molecule has 1 aliphatic heterocycles. The Kier molecular flexibility index (Phi) is 5.30. The Labute approximate surface area is 152 Å². The van der Waals surface area contributed by atoms with Crippen molar-refractivity contribution in [2.24, 2.45) is 0 Å². The Morgan fingerprint density at radius 3 is 2.42 bits per heavy atom. The summed E-state index contributed by atoms with van der Waals surface area (Å²) in [5, 5.41) is 2.61. The summed E-state index contributed by atoms with van der Waals surface area (Å²) in [5.74, 6) is -0.275. The highest BCUT2D eigenvalue weighted by atomic mass is 32.2. The summed E-state index contributed by atoms with van der Waals surface area (Å²) in [6.07, 6.45) is 0. The highest BCUT2D eigenvalue weighted by molar-refractivity contribution is 7.89. The van der Waals surface area contributed by atoms with Crippen molar-refractivity contribution in [3.63, 3.8) is 0 Å². The number of benzene rings is 1. The van der Waals surface area contributed by atoms with E-state index in [4.69, 9.17) is 4.74 Å².